The van der Waals surface area contributed by atoms with Crippen molar-refractivity contribution in [2.75, 3.05) is 37.0 Å². The van der Waals surface area contributed by atoms with Crippen molar-refractivity contribution >= 4 is 33.4 Å². The molecule has 0 spiro atoms. The van der Waals surface area contributed by atoms with E-state index in [1.165, 1.54) is 19.3 Å². The molecular formula is C24H25N9. The molecule has 0 bridgehead atoms. The van der Waals surface area contributed by atoms with Crippen molar-refractivity contribution in [1.82, 2.24) is 35.1 Å². The van der Waals surface area contributed by atoms with Crippen molar-refractivity contribution in [3.05, 3.63) is 43.1 Å². The highest BCUT2D eigenvalue weighted by molar-refractivity contribution is 5.95. The summed E-state index contributed by atoms with van der Waals surface area (Å²) in [5.74, 6) is 0.734. The van der Waals surface area contributed by atoms with Crippen LogP contribution in [0, 0.1) is 0 Å². The molecule has 0 amide bonds. The quantitative estimate of drug-likeness (QED) is 0.436. The maximum Gasteiger partial charge on any atom is 0.181 e. The van der Waals surface area contributed by atoms with E-state index in [1.807, 2.05) is 50.0 Å². The molecular weight excluding hydrogens is 414 g/mol. The van der Waals surface area contributed by atoms with E-state index in [1.54, 1.807) is 0 Å². The number of H-pyrrole nitrogens is 2. The summed E-state index contributed by atoms with van der Waals surface area (Å²) in [5.41, 5.74) is 7.44. The Morgan fingerprint density at radius 1 is 0.909 bits per heavy atom. The van der Waals surface area contributed by atoms with Gasteiger partial charge in [0.25, 0.3) is 0 Å². The third-order valence-electron chi connectivity index (χ3n) is 6.29. The summed E-state index contributed by atoms with van der Waals surface area (Å²) < 4.78 is 0. The molecule has 5 aromatic heterocycles. The number of nitrogens with one attached hydrogen (secondary N) is 2. The van der Waals surface area contributed by atoms with E-state index >= 15 is 0 Å². The van der Waals surface area contributed by atoms with Crippen LogP contribution in [-0.4, -0.2) is 62.3 Å². The van der Waals surface area contributed by atoms with Crippen LogP contribution in [0.5, 0.6) is 0 Å². The van der Waals surface area contributed by atoms with E-state index in [9.17, 15) is 0 Å². The summed E-state index contributed by atoms with van der Waals surface area (Å²) in [7, 11) is 4.01. The van der Waals surface area contributed by atoms with Crippen LogP contribution in [0.1, 0.15) is 19.3 Å². The molecule has 0 saturated carbocycles. The lowest BCUT2D eigenvalue weighted by atomic mass is 10.1. The van der Waals surface area contributed by atoms with Gasteiger partial charge in [0.05, 0.1) is 40.9 Å². The number of hydrogen-bond donors (Lipinski definition) is 2. The number of aromatic nitrogens is 7. The highest BCUT2D eigenvalue weighted by Gasteiger charge is 2.19. The number of aromatic amines is 2. The smallest absolute Gasteiger partial charge is 0.181 e. The standard InChI is InChI=1S/C24H25N9/c1-32(2)17-8-15(10-25-12-17)16-9-18-21(30-31-23(18)27-11-16)24-28-19-13-26-14-20(22(19)29-24)33-6-4-3-5-7-33/h8-14H,3-7H2,1-2H3,(H,28,29)(H,27,30,31). The molecule has 9 heteroatoms. The highest BCUT2D eigenvalue weighted by Crippen LogP contribution is 2.32. The molecule has 0 atom stereocenters. The number of piperidine rings is 1. The first-order valence-electron chi connectivity index (χ1n) is 11.2. The normalized spacial score (nSPS) is 14.3. The van der Waals surface area contributed by atoms with Crippen LogP contribution in [0.2, 0.25) is 0 Å². The molecule has 1 aliphatic rings. The lowest BCUT2D eigenvalue weighted by molar-refractivity contribution is 0.578. The molecule has 1 saturated heterocycles. The van der Waals surface area contributed by atoms with Gasteiger partial charge in [0.2, 0.25) is 0 Å². The minimum absolute atomic E-state index is 0.653. The van der Waals surface area contributed by atoms with Gasteiger partial charge in [-0.25, -0.2) is 9.97 Å². The minimum Gasteiger partial charge on any atom is -0.376 e. The van der Waals surface area contributed by atoms with Gasteiger partial charge in [-0.1, -0.05) is 0 Å². The first-order chi connectivity index (χ1) is 16.2. The summed E-state index contributed by atoms with van der Waals surface area (Å²) in [6.45, 7) is 2.09. The number of anilines is 2. The Kier molecular flexibility index (Phi) is 4.67. The van der Waals surface area contributed by atoms with Crippen molar-refractivity contribution in [1.29, 1.82) is 0 Å². The lowest BCUT2D eigenvalue weighted by Crippen LogP contribution is -2.29. The van der Waals surface area contributed by atoms with E-state index in [0.717, 1.165) is 63.5 Å². The summed E-state index contributed by atoms with van der Waals surface area (Å²) in [5, 5.41) is 8.46. The van der Waals surface area contributed by atoms with Gasteiger partial charge in [-0.3, -0.25) is 15.1 Å². The predicted octanol–water partition coefficient (Wildman–Crippen LogP) is 4.01. The third-order valence-corrected chi connectivity index (χ3v) is 6.29. The number of fused-ring (bicyclic) bond motifs is 2. The van der Waals surface area contributed by atoms with Crippen LogP contribution in [0.3, 0.4) is 0 Å². The Morgan fingerprint density at radius 2 is 1.73 bits per heavy atom. The topological polar surface area (TPSA) is 103 Å². The Labute approximate surface area is 190 Å². The summed E-state index contributed by atoms with van der Waals surface area (Å²) >= 11 is 0. The van der Waals surface area contributed by atoms with Gasteiger partial charge < -0.3 is 14.8 Å². The highest BCUT2D eigenvalue weighted by atomic mass is 15.2. The molecule has 33 heavy (non-hydrogen) atoms. The summed E-state index contributed by atoms with van der Waals surface area (Å²) in [6, 6.07) is 4.20. The molecule has 0 radical (unpaired) electrons. The van der Waals surface area contributed by atoms with E-state index in [2.05, 4.69) is 47.2 Å². The molecule has 5 aromatic rings. The van der Waals surface area contributed by atoms with Crippen molar-refractivity contribution < 1.29 is 0 Å². The number of hydrogen-bond acceptors (Lipinski definition) is 7. The number of nitrogens with zero attached hydrogens (tertiary/aromatic N) is 7. The molecule has 9 nitrogen and oxygen atoms in total. The van der Waals surface area contributed by atoms with Gasteiger partial charge in [-0.05, 0) is 31.4 Å². The predicted molar refractivity (Wildman–Crippen MR) is 130 cm³/mol. The molecule has 2 N–H and O–H groups in total. The molecule has 166 valence electrons. The zero-order valence-electron chi connectivity index (χ0n) is 18.7. The number of imidazole rings is 1. The SMILES string of the molecule is CN(C)c1cncc(-c2cnc3n[nH]c(-c4nc5c(N6CCCCC6)cncc5[nH]4)c3c2)c1. The second kappa shape index (κ2) is 7.84. The second-order valence-electron chi connectivity index (χ2n) is 8.71. The molecule has 1 aliphatic heterocycles. The van der Waals surface area contributed by atoms with Crippen LogP contribution in [0.4, 0.5) is 11.4 Å². The fourth-order valence-electron chi connectivity index (χ4n) is 4.47. The Morgan fingerprint density at radius 3 is 2.58 bits per heavy atom. The fourth-order valence-corrected chi connectivity index (χ4v) is 4.47. The second-order valence-corrected chi connectivity index (χ2v) is 8.71. The van der Waals surface area contributed by atoms with Gasteiger partial charge in [0, 0.05) is 50.7 Å². The molecule has 0 unspecified atom stereocenters. The Hall–Kier alpha value is -4.01. The minimum atomic E-state index is 0.653. The van der Waals surface area contributed by atoms with Gasteiger partial charge in [0.1, 0.15) is 11.2 Å². The first-order valence-corrected chi connectivity index (χ1v) is 11.2. The van der Waals surface area contributed by atoms with Crippen LogP contribution in [0.15, 0.2) is 43.1 Å². The summed E-state index contributed by atoms with van der Waals surface area (Å²) in [4.78, 5) is 26.2. The molecule has 6 rings (SSSR count). The van der Waals surface area contributed by atoms with E-state index in [-0.39, 0.29) is 0 Å². The largest absolute Gasteiger partial charge is 0.376 e. The van der Waals surface area contributed by atoms with Gasteiger partial charge in [0.15, 0.2) is 11.5 Å². The number of pyridine rings is 3. The molecule has 0 aromatic carbocycles. The van der Waals surface area contributed by atoms with E-state index in [4.69, 9.17) is 4.98 Å². The number of rotatable bonds is 4. The van der Waals surface area contributed by atoms with Crippen LogP contribution >= 0.6 is 0 Å². The van der Waals surface area contributed by atoms with E-state index < -0.39 is 0 Å². The first kappa shape index (κ1) is 19.7. The Bertz CT molecular complexity index is 1440. The maximum absolute atomic E-state index is 4.96. The Balaban J connectivity index is 1.44. The molecule has 6 heterocycles. The molecule has 1 fully saturated rings. The van der Waals surface area contributed by atoms with E-state index in [0.29, 0.717) is 5.65 Å². The van der Waals surface area contributed by atoms with Crippen molar-refractivity contribution in [3.63, 3.8) is 0 Å². The monoisotopic (exact) mass is 439 g/mol. The lowest BCUT2D eigenvalue weighted by Gasteiger charge is -2.28. The van der Waals surface area contributed by atoms with Crippen LogP contribution < -0.4 is 9.80 Å². The van der Waals surface area contributed by atoms with Crippen molar-refractivity contribution in [2.45, 2.75) is 19.3 Å². The zero-order chi connectivity index (χ0) is 22.4. The van der Waals surface area contributed by atoms with Crippen molar-refractivity contribution in [3.8, 4) is 22.6 Å². The van der Waals surface area contributed by atoms with Gasteiger partial charge in [-0.2, -0.15) is 5.10 Å². The van der Waals surface area contributed by atoms with Crippen molar-refractivity contribution in [2.24, 2.45) is 0 Å². The maximum atomic E-state index is 4.96. The van der Waals surface area contributed by atoms with Crippen LogP contribution in [0.25, 0.3) is 44.7 Å². The molecule has 0 aliphatic carbocycles. The van der Waals surface area contributed by atoms with Gasteiger partial charge >= 0.3 is 0 Å². The fraction of sp³-hybridized carbons (Fsp3) is 0.292. The summed E-state index contributed by atoms with van der Waals surface area (Å²) in [6.07, 6.45) is 13.0. The average Bonchev–Trinajstić information content (AvgIpc) is 3.48. The van der Waals surface area contributed by atoms with Gasteiger partial charge in [-0.15, -0.1) is 0 Å². The average molecular weight is 440 g/mol. The third kappa shape index (κ3) is 3.45. The van der Waals surface area contributed by atoms with Crippen LogP contribution in [-0.2, 0) is 0 Å². The zero-order valence-corrected chi connectivity index (χ0v) is 18.7.